The quantitative estimate of drug-likeness (QED) is 0.653. The molecule has 3 aliphatic rings. The zero-order valence-electron chi connectivity index (χ0n) is 19.7. The highest BCUT2D eigenvalue weighted by Crippen LogP contribution is 2.34. The second-order valence-corrected chi connectivity index (χ2v) is 9.52. The van der Waals surface area contributed by atoms with Crippen molar-refractivity contribution in [2.24, 2.45) is 5.92 Å². The van der Waals surface area contributed by atoms with E-state index in [9.17, 15) is 9.90 Å². The summed E-state index contributed by atoms with van der Waals surface area (Å²) in [5.41, 5.74) is 1.48. The van der Waals surface area contributed by atoms with Crippen molar-refractivity contribution in [2.75, 3.05) is 39.4 Å². The fraction of sp³-hybridized carbons (Fsp3) is 0.481. The van der Waals surface area contributed by atoms with Gasteiger partial charge in [0.05, 0.1) is 24.3 Å². The normalized spacial score (nSPS) is 24.7. The van der Waals surface area contributed by atoms with Crippen molar-refractivity contribution in [1.29, 1.82) is 5.26 Å². The second kappa shape index (κ2) is 10.5. The van der Waals surface area contributed by atoms with Crippen LogP contribution in [0.3, 0.4) is 0 Å². The number of nitrogens with zero attached hydrogens (tertiary/aromatic N) is 3. The molecular formula is C27H31N3O5. The maximum Gasteiger partial charge on any atom is 0.410 e. The van der Waals surface area contributed by atoms with Gasteiger partial charge in [-0.2, -0.15) is 5.26 Å². The number of carbonyl (C=O) groups is 1. The Morgan fingerprint density at radius 1 is 1.06 bits per heavy atom. The standard InChI is InChI=1S/C27H31N3O5/c28-15-20-6-7-24-25(14-20)34-22(18-33-24)16-29-11-8-19(9-12-29)10-13-30-23(17-31)26(35-27(30)32)21-4-2-1-3-5-21/h1-7,14,19,22-23,26,31H,8-13,16-18H2/t22-,23+,26?/m0/s1. The molecule has 8 heteroatoms. The fourth-order valence-corrected chi connectivity index (χ4v) is 5.28. The summed E-state index contributed by atoms with van der Waals surface area (Å²) in [6.45, 7) is 3.70. The van der Waals surface area contributed by atoms with Crippen molar-refractivity contribution in [3.8, 4) is 17.6 Å². The van der Waals surface area contributed by atoms with E-state index >= 15 is 0 Å². The first-order chi connectivity index (χ1) is 17.1. The summed E-state index contributed by atoms with van der Waals surface area (Å²) in [6, 6.07) is 16.7. The zero-order valence-corrected chi connectivity index (χ0v) is 19.7. The monoisotopic (exact) mass is 477 g/mol. The van der Waals surface area contributed by atoms with Gasteiger partial charge in [-0.05, 0) is 56.0 Å². The number of rotatable bonds is 7. The third-order valence-electron chi connectivity index (χ3n) is 7.27. The van der Waals surface area contributed by atoms with Gasteiger partial charge in [-0.3, -0.25) is 9.80 Å². The van der Waals surface area contributed by atoms with E-state index in [1.165, 1.54) is 0 Å². The van der Waals surface area contributed by atoms with Crippen LogP contribution in [0.25, 0.3) is 0 Å². The average Bonchev–Trinajstić information content (AvgIpc) is 3.23. The van der Waals surface area contributed by atoms with Gasteiger partial charge in [-0.15, -0.1) is 0 Å². The summed E-state index contributed by atoms with van der Waals surface area (Å²) >= 11 is 0. The molecule has 5 rings (SSSR count). The molecule has 0 aromatic heterocycles. The van der Waals surface area contributed by atoms with Crippen LogP contribution < -0.4 is 9.47 Å². The number of ether oxygens (including phenoxy) is 3. The van der Waals surface area contributed by atoms with Gasteiger partial charge in [0.2, 0.25) is 0 Å². The lowest BCUT2D eigenvalue weighted by atomic mass is 9.92. The number of benzene rings is 2. The topological polar surface area (TPSA) is 95.3 Å². The van der Waals surface area contributed by atoms with Crippen molar-refractivity contribution in [2.45, 2.75) is 37.5 Å². The molecule has 0 spiro atoms. The summed E-state index contributed by atoms with van der Waals surface area (Å²) in [7, 11) is 0. The first-order valence-electron chi connectivity index (χ1n) is 12.3. The Morgan fingerprint density at radius 2 is 1.86 bits per heavy atom. The van der Waals surface area contributed by atoms with Gasteiger partial charge < -0.3 is 19.3 Å². The van der Waals surface area contributed by atoms with Crippen LogP contribution in [0, 0.1) is 17.2 Å². The number of aliphatic hydroxyl groups excluding tert-OH is 1. The third kappa shape index (κ3) is 5.21. The lowest BCUT2D eigenvalue weighted by Gasteiger charge is -2.36. The van der Waals surface area contributed by atoms with E-state index in [4.69, 9.17) is 19.5 Å². The Morgan fingerprint density at radius 3 is 2.60 bits per heavy atom. The van der Waals surface area contributed by atoms with Crippen molar-refractivity contribution in [3.05, 3.63) is 59.7 Å². The van der Waals surface area contributed by atoms with Gasteiger partial charge >= 0.3 is 6.09 Å². The predicted molar refractivity (Wildman–Crippen MR) is 128 cm³/mol. The first-order valence-corrected chi connectivity index (χ1v) is 12.3. The van der Waals surface area contributed by atoms with Crippen molar-refractivity contribution in [1.82, 2.24) is 9.80 Å². The molecule has 1 unspecified atom stereocenters. The van der Waals surface area contributed by atoms with E-state index in [1.54, 1.807) is 23.1 Å². The van der Waals surface area contributed by atoms with Crippen LogP contribution >= 0.6 is 0 Å². The van der Waals surface area contributed by atoms with Crippen LogP contribution in [-0.4, -0.2) is 72.5 Å². The summed E-state index contributed by atoms with van der Waals surface area (Å²) in [6.07, 6.45) is 2.17. The van der Waals surface area contributed by atoms with Crippen LogP contribution in [0.15, 0.2) is 48.5 Å². The molecule has 35 heavy (non-hydrogen) atoms. The minimum absolute atomic E-state index is 0.0624. The van der Waals surface area contributed by atoms with E-state index in [2.05, 4.69) is 11.0 Å². The van der Waals surface area contributed by atoms with Crippen LogP contribution in [0.5, 0.6) is 11.5 Å². The van der Waals surface area contributed by atoms with E-state index < -0.39 is 6.10 Å². The Labute approximate surface area is 205 Å². The molecule has 2 aromatic rings. The molecule has 2 aromatic carbocycles. The fourth-order valence-electron chi connectivity index (χ4n) is 5.28. The molecule has 3 heterocycles. The molecule has 0 saturated carbocycles. The van der Waals surface area contributed by atoms with E-state index in [-0.39, 0.29) is 24.8 Å². The number of hydrogen-bond acceptors (Lipinski definition) is 7. The van der Waals surface area contributed by atoms with Crippen molar-refractivity contribution >= 4 is 6.09 Å². The van der Waals surface area contributed by atoms with E-state index in [0.717, 1.165) is 44.5 Å². The van der Waals surface area contributed by atoms with Gasteiger partial charge in [-0.25, -0.2) is 4.79 Å². The Hall–Kier alpha value is -3.28. The highest BCUT2D eigenvalue weighted by atomic mass is 16.6. The lowest BCUT2D eigenvalue weighted by molar-refractivity contribution is 0.0463. The van der Waals surface area contributed by atoms with Gasteiger partial charge in [0.25, 0.3) is 0 Å². The third-order valence-corrected chi connectivity index (χ3v) is 7.27. The number of nitriles is 1. The SMILES string of the molecule is N#Cc1ccc2c(c1)O[C@@H](CN1CCC(CCN3C(=O)OC(c4ccccc4)[C@H]3CO)CC1)CO2. The minimum Gasteiger partial charge on any atom is -0.486 e. The molecule has 3 aliphatic heterocycles. The number of carbonyl (C=O) groups excluding carboxylic acids is 1. The van der Waals surface area contributed by atoms with E-state index in [0.29, 0.717) is 36.1 Å². The largest absolute Gasteiger partial charge is 0.486 e. The molecular weight excluding hydrogens is 446 g/mol. The number of fused-ring (bicyclic) bond motifs is 1. The molecule has 8 nitrogen and oxygen atoms in total. The van der Waals surface area contributed by atoms with Crippen molar-refractivity contribution < 1.29 is 24.1 Å². The smallest absolute Gasteiger partial charge is 0.410 e. The van der Waals surface area contributed by atoms with Gasteiger partial charge in [0.15, 0.2) is 17.6 Å². The second-order valence-electron chi connectivity index (χ2n) is 9.52. The first kappa shape index (κ1) is 23.5. The number of aliphatic hydroxyl groups is 1. The minimum atomic E-state index is -0.428. The highest BCUT2D eigenvalue weighted by Gasteiger charge is 2.42. The maximum atomic E-state index is 12.5. The zero-order chi connectivity index (χ0) is 24.2. The Bertz CT molecular complexity index is 1060. The van der Waals surface area contributed by atoms with Crippen LogP contribution in [0.1, 0.15) is 36.5 Å². The summed E-state index contributed by atoms with van der Waals surface area (Å²) in [4.78, 5) is 16.6. The number of likely N-dealkylation sites (tertiary alicyclic amines) is 1. The van der Waals surface area contributed by atoms with Gasteiger partial charge in [0.1, 0.15) is 12.7 Å². The molecule has 1 amide bonds. The summed E-state index contributed by atoms with van der Waals surface area (Å²) in [5.74, 6) is 1.85. The Kier molecular flexibility index (Phi) is 7.07. The average molecular weight is 478 g/mol. The number of hydrogen-bond donors (Lipinski definition) is 1. The molecule has 3 atom stereocenters. The van der Waals surface area contributed by atoms with Gasteiger partial charge in [-0.1, -0.05) is 30.3 Å². The maximum absolute atomic E-state index is 12.5. The van der Waals surface area contributed by atoms with Crippen molar-refractivity contribution in [3.63, 3.8) is 0 Å². The molecule has 1 N–H and O–H groups in total. The number of piperidine rings is 1. The molecule has 0 aliphatic carbocycles. The van der Waals surface area contributed by atoms with Crippen LogP contribution in [0.4, 0.5) is 4.79 Å². The van der Waals surface area contributed by atoms with Crippen LogP contribution in [-0.2, 0) is 4.74 Å². The number of amides is 1. The van der Waals surface area contributed by atoms with Gasteiger partial charge in [0, 0.05) is 19.2 Å². The predicted octanol–water partition coefficient (Wildman–Crippen LogP) is 3.35. The lowest BCUT2D eigenvalue weighted by Crippen LogP contribution is -2.44. The molecule has 0 radical (unpaired) electrons. The van der Waals surface area contributed by atoms with E-state index in [1.807, 2.05) is 30.3 Å². The molecule has 2 saturated heterocycles. The summed E-state index contributed by atoms with van der Waals surface area (Å²) < 4.78 is 17.6. The molecule has 0 bridgehead atoms. The highest BCUT2D eigenvalue weighted by molar-refractivity contribution is 5.71. The van der Waals surface area contributed by atoms with Crippen LogP contribution in [0.2, 0.25) is 0 Å². The molecule has 184 valence electrons. The molecule has 2 fully saturated rings. The summed E-state index contributed by atoms with van der Waals surface area (Å²) in [5, 5.41) is 19.1. The number of cyclic esters (lactones) is 1. The Balaban J connectivity index is 1.09.